The van der Waals surface area contributed by atoms with Crippen molar-refractivity contribution in [1.29, 1.82) is 0 Å². The van der Waals surface area contributed by atoms with E-state index in [0.717, 1.165) is 5.56 Å². The molecular formula is C15H12F3N3O. The molecule has 2 aromatic rings. The molecule has 0 amide bonds. The molecule has 7 heteroatoms. The van der Waals surface area contributed by atoms with Gasteiger partial charge in [-0.1, -0.05) is 30.3 Å². The molecule has 3 atom stereocenters. The number of hydrogen-bond acceptors (Lipinski definition) is 3. The minimum absolute atomic E-state index is 0.0427. The Labute approximate surface area is 124 Å². The Kier molecular flexibility index (Phi) is 2.70. The minimum atomic E-state index is -2.97. The smallest absolute Gasteiger partial charge is 0.259 e. The van der Waals surface area contributed by atoms with Gasteiger partial charge in [-0.15, -0.1) is 5.10 Å². The summed E-state index contributed by atoms with van der Waals surface area (Å²) >= 11 is 0. The van der Waals surface area contributed by atoms with Crippen molar-refractivity contribution in [2.24, 2.45) is 5.92 Å². The van der Waals surface area contributed by atoms with Crippen LogP contribution in [0.5, 0.6) is 0 Å². The van der Waals surface area contributed by atoms with Crippen LogP contribution in [0.4, 0.5) is 13.2 Å². The summed E-state index contributed by atoms with van der Waals surface area (Å²) < 4.78 is 41.5. The van der Waals surface area contributed by atoms with Crippen LogP contribution in [0.3, 0.4) is 0 Å². The fourth-order valence-corrected chi connectivity index (χ4v) is 2.89. The fraction of sp³-hybridized carbons (Fsp3) is 0.400. The van der Waals surface area contributed by atoms with Crippen LogP contribution in [0.2, 0.25) is 0 Å². The predicted octanol–water partition coefficient (Wildman–Crippen LogP) is 3.12. The molecule has 114 valence electrons. The average Bonchev–Trinajstić information content (AvgIpc) is 2.87. The van der Waals surface area contributed by atoms with E-state index in [1.807, 2.05) is 30.3 Å². The third-order valence-electron chi connectivity index (χ3n) is 4.21. The number of hydrogen-bond donors (Lipinski definition) is 0. The Balaban J connectivity index is 1.68. The molecule has 2 aliphatic rings. The van der Waals surface area contributed by atoms with E-state index in [2.05, 4.69) is 10.1 Å². The van der Waals surface area contributed by atoms with Gasteiger partial charge in [-0.05, 0) is 5.56 Å². The second-order valence-corrected chi connectivity index (χ2v) is 5.75. The zero-order valence-corrected chi connectivity index (χ0v) is 11.4. The molecule has 1 aliphatic carbocycles. The number of alkyl halides is 3. The monoisotopic (exact) mass is 307 g/mol. The van der Waals surface area contributed by atoms with E-state index < -0.39 is 30.2 Å². The Morgan fingerprint density at radius 1 is 1.27 bits per heavy atom. The summed E-state index contributed by atoms with van der Waals surface area (Å²) in [6.45, 7) is 0. The first-order chi connectivity index (χ1) is 10.5. The molecule has 2 heterocycles. The van der Waals surface area contributed by atoms with E-state index in [1.165, 1.54) is 4.68 Å². The van der Waals surface area contributed by atoms with Crippen molar-refractivity contribution in [3.8, 4) is 0 Å². The van der Waals surface area contributed by atoms with Crippen LogP contribution >= 0.6 is 0 Å². The largest absolute Gasteiger partial charge is 0.290 e. The fourth-order valence-electron chi connectivity index (χ4n) is 2.89. The topological polar surface area (TPSA) is 47.8 Å². The van der Waals surface area contributed by atoms with Gasteiger partial charge >= 0.3 is 0 Å². The van der Waals surface area contributed by atoms with Crippen molar-refractivity contribution in [1.82, 2.24) is 14.8 Å². The molecule has 0 N–H and O–H groups in total. The Hall–Kier alpha value is -2.18. The molecule has 22 heavy (non-hydrogen) atoms. The number of Topliss-reactive ketones (excluding diaryl/α,β-unsaturated/α-hetero) is 1. The molecule has 0 radical (unpaired) electrons. The summed E-state index contributed by atoms with van der Waals surface area (Å²) in [5.74, 6) is -5.39. The van der Waals surface area contributed by atoms with Crippen LogP contribution < -0.4 is 0 Å². The van der Waals surface area contributed by atoms with E-state index in [1.54, 1.807) is 0 Å². The van der Waals surface area contributed by atoms with E-state index >= 15 is 0 Å². The summed E-state index contributed by atoms with van der Waals surface area (Å²) in [7, 11) is 0. The molecule has 0 saturated heterocycles. The maximum absolute atomic E-state index is 14.1. The van der Waals surface area contributed by atoms with E-state index in [-0.39, 0.29) is 24.1 Å². The van der Waals surface area contributed by atoms with Gasteiger partial charge in [0.15, 0.2) is 12.0 Å². The molecule has 3 unspecified atom stereocenters. The Morgan fingerprint density at radius 3 is 2.59 bits per heavy atom. The Morgan fingerprint density at radius 2 is 1.95 bits per heavy atom. The van der Waals surface area contributed by atoms with Gasteiger partial charge in [0.25, 0.3) is 5.92 Å². The lowest BCUT2D eigenvalue weighted by atomic mass is 10.0. The quantitative estimate of drug-likeness (QED) is 0.819. The highest BCUT2D eigenvalue weighted by Crippen LogP contribution is 2.50. The standard InChI is InChI=1S/C15H12F3N3O/c16-10-6-11(8-4-2-1-3-5-8)21-14(10)19-13(20-21)12(22)9-7-15(9,17)18/h1-5,9-11H,6-7H2. The third-order valence-corrected chi connectivity index (χ3v) is 4.21. The highest BCUT2D eigenvalue weighted by atomic mass is 19.3. The second kappa shape index (κ2) is 4.41. The van der Waals surface area contributed by atoms with Crippen LogP contribution in [0.1, 0.15) is 47.1 Å². The SMILES string of the molecule is O=C(c1nc2n(n1)C(c1ccccc1)CC2F)C1CC1(F)F. The number of nitrogens with zero attached hydrogens (tertiary/aromatic N) is 3. The van der Waals surface area contributed by atoms with Gasteiger partial charge < -0.3 is 0 Å². The van der Waals surface area contributed by atoms with Gasteiger partial charge in [0.2, 0.25) is 11.6 Å². The van der Waals surface area contributed by atoms with Crippen LogP contribution in [0.15, 0.2) is 30.3 Å². The van der Waals surface area contributed by atoms with Gasteiger partial charge in [-0.2, -0.15) is 0 Å². The number of halogens is 3. The number of aromatic nitrogens is 3. The molecule has 1 aromatic carbocycles. The number of carbonyl (C=O) groups is 1. The molecule has 0 spiro atoms. The number of benzene rings is 1. The lowest BCUT2D eigenvalue weighted by Crippen LogP contribution is -2.13. The maximum Gasteiger partial charge on any atom is 0.259 e. The van der Waals surface area contributed by atoms with E-state index in [4.69, 9.17) is 0 Å². The molecule has 1 aliphatic heterocycles. The molecule has 0 bridgehead atoms. The third kappa shape index (κ3) is 1.95. The van der Waals surface area contributed by atoms with Gasteiger partial charge in [-0.3, -0.25) is 4.79 Å². The summed E-state index contributed by atoms with van der Waals surface area (Å²) in [6, 6.07) is 8.82. The van der Waals surface area contributed by atoms with Crippen LogP contribution in [0.25, 0.3) is 0 Å². The highest BCUT2D eigenvalue weighted by molar-refractivity contribution is 5.97. The van der Waals surface area contributed by atoms with Crippen LogP contribution in [-0.4, -0.2) is 26.5 Å². The summed E-state index contributed by atoms with van der Waals surface area (Å²) in [4.78, 5) is 15.8. The van der Waals surface area contributed by atoms with E-state index in [0.29, 0.717) is 0 Å². The normalized spacial score (nSPS) is 28.4. The van der Waals surface area contributed by atoms with Crippen molar-refractivity contribution in [3.05, 3.63) is 47.5 Å². The van der Waals surface area contributed by atoms with Crippen molar-refractivity contribution >= 4 is 5.78 Å². The summed E-state index contributed by atoms with van der Waals surface area (Å²) in [5.41, 5.74) is 0.851. The zero-order chi connectivity index (χ0) is 15.5. The first-order valence-corrected chi connectivity index (χ1v) is 7.05. The minimum Gasteiger partial charge on any atom is -0.290 e. The van der Waals surface area contributed by atoms with Crippen LogP contribution in [-0.2, 0) is 0 Å². The number of fused-ring (bicyclic) bond motifs is 1. The first-order valence-electron chi connectivity index (χ1n) is 7.05. The average molecular weight is 307 g/mol. The number of carbonyl (C=O) groups excluding carboxylic acids is 1. The lowest BCUT2D eigenvalue weighted by Gasteiger charge is -2.11. The second-order valence-electron chi connectivity index (χ2n) is 5.75. The first kappa shape index (κ1) is 13.5. The molecule has 1 fully saturated rings. The molecule has 4 rings (SSSR count). The molecular weight excluding hydrogens is 295 g/mol. The summed E-state index contributed by atoms with van der Waals surface area (Å²) in [5, 5.41) is 4.01. The number of rotatable bonds is 3. The van der Waals surface area contributed by atoms with Gasteiger partial charge in [-0.25, -0.2) is 22.8 Å². The molecule has 4 nitrogen and oxygen atoms in total. The van der Waals surface area contributed by atoms with Gasteiger partial charge in [0.05, 0.1) is 12.0 Å². The van der Waals surface area contributed by atoms with Crippen LogP contribution in [0, 0.1) is 5.92 Å². The zero-order valence-electron chi connectivity index (χ0n) is 11.4. The van der Waals surface area contributed by atoms with Gasteiger partial charge in [0.1, 0.15) is 0 Å². The highest BCUT2D eigenvalue weighted by Gasteiger charge is 2.62. The maximum atomic E-state index is 14.1. The number of ketones is 1. The van der Waals surface area contributed by atoms with Crippen molar-refractivity contribution in [2.75, 3.05) is 0 Å². The molecule has 1 aromatic heterocycles. The van der Waals surface area contributed by atoms with Crippen molar-refractivity contribution in [2.45, 2.75) is 31.0 Å². The van der Waals surface area contributed by atoms with E-state index in [9.17, 15) is 18.0 Å². The van der Waals surface area contributed by atoms with Gasteiger partial charge in [0, 0.05) is 12.8 Å². The Bertz CT molecular complexity index is 744. The lowest BCUT2D eigenvalue weighted by molar-refractivity contribution is 0.0748. The van der Waals surface area contributed by atoms with Crippen molar-refractivity contribution < 1.29 is 18.0 Å². The predicted molar refractivity (Wildman–Crippen MR) is 70.5 cm³/mol. The van der Waals surface area contributed by atoms with Crippen molar-refractivity contribution in [3.63, 3.8) is 0 Å². The summed E-state index contributed by atoms with van der Waals surface area (Å²) in [6.07, 6.45) is -1.64. The molecule has 1 saturated carbocycles.